The van der Waals surface area contributed by atoms with Crippen LogP contribution in [0.15, 0.2) is 36.9 Å². The molecule has 0 saturated carbocycles. The average molecular weight is 279 g/mol. The predicted octanol–water partition coefficient (Wildman–Crippen LogP) is 2.41. The van der Waals surface area contributed by atoms with Crippen LogP contribution in [0.2, 0.25) is 0 Å². The number of nitrogens with zero attached hydrogens (tertiary/aromatic N) is 1. The number of carbonyl (C=O) groups is 2. The lowest BCUT2D eigenvalue weighted by Gasteiger charge is -2.20. The fraction of sp³-hybridized carbons (Fsp3) is 0.333. The minimum Gasteiger partial charge on any atom is -0.466 e. The molecule has 20 heavy (non-hydrogen) atoms. The fourth-order valence-corrected chi connectivity index (χ4v) is 1.70. The van der Waals surface area contributed by atoms with E-state index < -0.39 is 5.82 Å². The molecule has 5 heteroatoms. The van der Waals surface area contributed by atoms with Crippen LogP contribution in [0.25, 0.3) is 0 Å². The topological polar surface area (TPSA) is 46.6 Å². The molecule has 0 heterocycles. The second-order valence-electron chi connectivity index (χ2n) is 4.11. The maximum absolute atomic E-state index is 13.1. The van der Waals surface area contributed by atoms with Crippen molar-refractivity contribution in [3.8, 4) is 0 Å². The van der Waals surface area contributed by atoms with Gasteiger partial charge in [0.1, 0.15) is 5.82 Å². The third kappa shape index (κ3) is 4.84. The number of ether oxygens (including phenoxy) is 1. The van der Waals surface area contributed by atoms with Crippen molar-refractivity contribution in [1.29, 1.82) is 0 Å². The quantitative estimate of drug-likeness (QED) is 0.569. The maximum Gasteiger partial charge on any atom is 0.307 e. The van der Waals surface area contributed by atoms with Crippen LogP contribution in [0, 0.1) is 5.82 Å². The lowest BCUT2D eigenvalue weighted by molar-refractivity contribution is -0.143. The Morgan fingerprint density at radius 1 is 1.45 bits per heavy atom. The van der Waals surface area contributed by atoms with Crippen molar-refractivity contribution in [3.63, 3.8) is 0 Å². The molecule has 0 fully saturated rings. The smallest absolute Gasteiger partial charge is 0.307 e. The third-order valence-electron chi connectivity index (χ3n) is 2.60. The summed E-state index contributed by atoms with van der Waals surface area (Å²) in [5.74, 6) is -1.18. The summed E-state index contributed by atoms with van der Waals surface area (Å²) in [7, 11) is 0. The Morgan fingerprint density at radius 3 is 2.80 bits per heavy atom. The average Bonchev–Trinajstić information content (AvgIpc) is 2.43. The van der Waals surface area contributed by atoms with Crippen LogP contribution in [-0.2, 0) is 9.53 Å². The van der Waals surface area contributed by atoms with E-state index in [0.717, 1.165) is 0 Å². The number of esters is 1. The molecule has 4 nitrogen and oxygen atoms in total. The Balaban J connectivity index is 2.72. The molecule has 1 amide bonds. The highest BCUT2D eigenvalue weighted by molar-refractivity contribution is 5.94. The van der Waals surface area contributed by atoms with Gasteiger partial charge in [0, 0.05) is 18.7 Å². The number of amides is 1. The second-order valence-corrected chi connectivity index (χ2v) is 4.11. The molecule has 0 spiro atoms. The van der Waals surface area contributed by atoms with Crippen LogP contribution in [0.1, 0.15) is 23.7 Å². The molecule has 0 aliphatic heterocycles. The molecule has 1 aromatic carbocycles. The number of halogens is 1. The Hall–Kier alpha value is -2.17. The van der Waals surface area contributed by atoms with E-state index in [2.05, 4.69) is 6.58 Å². The summed E-state index contributed by atoms with van der Waals surface area (Å²) in [6.07, 6.45) is 1.66. The summed E-state index contributed by atoms with van der Waals surface area (Å²) in [6, 6.07) is 5.45. The standard InChI is InChI=1S/C15H18FNO3/c1-3-9-17(10-8-14(18)20-4-2)15(19)12-6-5-7-13(16)11-12/h3,5-7,11H,1,4,8-10H2,2H3. The van der Waals surface area contributed by atoms with Gasteiger partial charge in [0.25, 0.3) is 5.91 Å². The van der Waals surface area contributed by atoms with E-state index in [1.165, 1.54) is 29.2 Å². The second kappa shape index (κ2) is 8.09. The first-order chi connectivity index (χ1) is 9.58. The zero-order chi connectivity index (χ0) is 15.0. The van der Waals surface area contributed by atoms with Crippen molar-refractivity contribution >= 4 is 11.9 Å². The molecule has 0 N–H and O–H groups in total. The molecule has 0 atom stereocenters. The Morgan fingerprint density at radius 2 is 2.20 bits per heavy atom. The zero-order valence-corrected chi connectivity index (χ0v) is 11.5. The summed E-state index contributed by atoms with van der Waals surface area (Å²) in [5.41, 5.74) is 0.246. The Labute approximate surface area is 117 Å². The van der Waals surface area contributed by atoms with E-state index in [1.54, 1.807) is 13.0 Å². The fourth-order valence-electron chi connectivity index (χ4n) is 1.70. The largest absolute Gasteiger partial charge is 0.466 e. The van der Waals surface area contributed by atoms with E-state index in [4.69, 9.17) is 4.74 Å². The molecule has 0 radical (unpaired) electrons. The van der Waals surface area contributed by atoms with Crippen molar-refractivity contribution in [2.24, 2.45) is 0 Å². The van der Waals surface area contributed by atoms with Crippen LogP contribution in [0.5, 0.6) is 0 Å². The summed E-state index contributed by atoms with van der Waals surface area (Å²) in [4.78, 5) is 25.0. The summed E-state index contributed by atoms with van der Waals surface area (Å²) in [5, 5.41) is 0. The number of benzene rings is 1. The van der Waals surface area contributed by atoms with Crippen LogP contribution in [0.4, 0.5) is 4.39 Å². The van der Waals surface area contributed by atoms with Crippen molar-refractivity contribution in [2.45, 2.75) is 13.3 Å². The highest BCUT2D eigenvalue weighted by atomic mass is 19.1. The molecule has 0 aromatic heterocycles. The lowest BCUT2D eigenvalue weighted by Crippen LogP contribution is -2.33. The molecule has 108 valence electrons. The van der Waals surface area contributed by atoms with Gasteiger partial charge in [-0.2, -0.15) is 0 Å². The van der Waals surface area contributed by atoms with E-state index in [-0.39, 0.29) is 37.0 Å². The van der Waals surface area contributed by atoms with Crippen molar-refractivity contribution in [3.05, 3.63) is 48.3 Å². The Bertz CT molecular complexity index is 488. The third-order valence-corrected chi connectivity index (χ3v) is 2.60. The minimum atomic E-state index is -0.472. The van der Waals surface area contributed by atoms with Gasteiger partial charge in [-0.3, -0.25) is 9.59 Å². The van der Waals surface area contributed by atoms with Crippen LogP contribution >= 0.6 is 0 Å². The molecule has 0 bridgehead atoms. The summed E-state index contributed by atoms with van der Waals surface area (Å²) in [6.45, 7) is 6.09. The van der Waals surface area contributed by atoms with Crippen molar-refractivity contribution in [1.82, 2.24) is 4.90 Å². The SMILES string of the molecule is C=CCN(CCC(=O)OCC)C(=O)c1cccc(F)c1. The molecule has 0 unspecified atom stereocenters. The van der Waals surface area contributed by atoms with Gasteiger partial charge in [-0.25, -0.2) is 4.39 Å². The lowest BCUT2D eigenvalue weighted by atomic mass is 10.2. The number of carbonyl (C=O) groups excluding carboxylic acids is 2. The van der Waals surface area contributed by atoms with Gasteiger partial charge < -0.3 is 9.64 Å². The van der Waals surface area contributed by atoms with E-state index in [1.807, 2.05) is 0 Å². The van der Waals surface area contributed by atoms with E-state index in [9.17, 15) is 14.0 Å². The van der Waals surface area contributed by atoms with Gasteiger partial charge >= 0.3 is 5.97 Å². The number of hydrogen-bond donors (Lipinski definition) is 0. The molecule has 1 aromatic rings. The summed E-state index contributed by atoms with van der Waals surface area (Å²) >= 11 is 0. The minimum absolute atomic E-state index is 0.0999. The van der Waals surface area contributed by atoms with Gasteiger partial charge in [-0.15, -0.1) is 6.58 Å². The molecule has 0 aliphatic rings. The van der Waals surface area contributed by atoms with Crippen LogP contribution in [-0.4, -0.2) is 36.5 Å². The highest BCUT2D eigenvalue weighted by Gasteiger charge is 2.16. The van der Waals surface area contributed by atoms with Gasteiger partial charge in [0.2, 0.25) is 0 Å². The molecular formula is C15H18FNO3. The normalized spacial score (nSPS) is 9.90. The van der Waals surface area contributed by atoms with Gasteiger partial charge in [-0.05, 0) is 25.1 Å². The molecular weight excluding hydrogens is 261 g/mol. The number of rotatable bonds is 7. The summed E-state index contributed by atoms with van der Waals surface area (Å²) < 4.78 is 17.9. The maximum atomic E-state index is 13.1. The zero-order valence-electron chi connectivity index (χ0n) is 11.5. The first-order valence-electron chi connectivity index (χ1n) is 6.39. The van der Waals surface area contributed by atoms with Crippen LogP contribution < -0.4 is 0 Å². The van der Waals surface area contributed by atoms with Crippen molar-refractivity contribution in [2.75, 3.05) is 19.7 Å². The Kier molecular flexibility index (Phi) is 6.43. The van der Waals surface area contributed by atoms with Gasteiger partial charge in [0.15, 0.2) is 0 Å². The molecule has 0 aliphatic carbocycles. The highest BCUT2D eigenvalue weighted by Crippen LogP contribution is 2.08. The molecule has 0 saturated heterocycles. The van der Waals surface area contributed by atoms with Crippen LogP contribution in [0.3, 0.4) is 0 Å². The monoisotopic (exact) mass is 279 g/mol. The van der Waals surface area contributed by atoms with E-state index in [0.29, 0.717) is 6.61 Å². The van der Waals surface area contributed by atoms with Gasteiger partial charge in [0.05, 0.1) is 13.0 Å². The number of hydrogen-bond acceptors (Lipinski definition) is 3. The van der Waals surface area contributed by atoms with Crippen molar-refractivity contribution < 1.29 is 18.7 Å². The van der Waals surface area contributed by atoms with Gasteiger partial charge in [-0.1, -0.05) is 12.1 Å². The first-order valence-corrected chi connectivity index (χ1v) is 6.39. The van der Waals surface area contributed by atoms with E-state index >= 15 is 0 Å². The predicted molar refractivity (Wildman–Crippen MR) is 73.8 cm³/mol. The first kappa shape index (κ1) is 15.9. The molecule has 1 rings (SSSR count).